The second-order valence-electron chi connectivity index (χ2n) is 11.1. The van der Waals surface area contributed by atoms with E-state index in [2.05, 4.69) is 27.7 Å². The number of carbonyl (C=O) groups is 2. The van der Waals surface area contributed by atoms with Crippen LogP contribution in [0.1, 0.15) is 139 Å². The summed E-state index contributed by atoms with van der Waals surface area (Å²) in [6, 6.07) is 0. The van der Waals surface area contributed by atoms with Crippen molar-refractivity contribution in [2.75, 3.05) is 0 Å². The Morgan fingerprint density at radius 2 is 0.970 bits per heavy atom. The molecule has 0 aliphatic rings. The van der Waals surface area contributed by atoms with Crippen molar-refractivity contribution in [1.29, 1.82) is 0 Å². The van der Waals surface area contributed by atoms with Crippen LogP contribution >= 0.6 is 0 Å². The summed E-state index contributed by atoms with van der Waals surface area (Å²) in [5.74, 6) is 1.17. The molecule has 0 fully saturated rings. The first-order valence-corrected chi connectivity index (χ1v) is 14.0. The molecule has 0 aromatic heterocycles. The Labute approximate surface area is 206 Å². The van der Waals surface area contributed by atoms with Gasteiger partial charge in [-0.1, -0.05) is 91.9 Å². The third-order valence-electron chi connectivity index (χ3n) is 6.45. The van der Waals surface area contributed by atoms with Crippen LogP contribution in [0.15, 0.2) is 0 Å². The molecule has 0 aliphatic carbocycles. The van der Waals surface area contributed by atoms with Crippen molar-refractivity contribution >= 4 is 11.9 Å². The fourth-order valence-corrected chi connectivity index (χ4v) is 4.74. The molecule has 0 heterocycles. The highest BCUT2D eigenvalue weighted by Crippen LogP contribution is 2.33. The van der Waals surface area contributed by atoms with Gasteiger partial charge in [-0.15, -0.1) is 0 Å². The van der Waals surface area contributed by atoms with Crippen LogP contribution in [0.2, 0.25) is 0 Å². The molecule has 196 valence electrons. The van der Waals surface area contributed by atoms with Gasteiger partial charge < -0.3 is 9.47 Å². The van der Waals surface area contributed by atoms with Crippen molar-refractivity contribution in [2.24, 2.45) is 23.7 Å². The molecule has 0 aromatic rings. The molecule has 33 heavy (non-hydrogen) atoms. The normalized spacial score (nSPS) is 13.7. The molecule has 0 amide bonds. The van der Waals surface area contributed by atoms with Crippen molar-refractivity contribution in [3.63, 3.8) is 0 Å². The van der Waals surface area contributed by atoms with Crippen molar-refractivity contribution in [2.45, 2.75) is 151 Å². The first-order chi connectivity index (χ1) is 15.6. The second kappa shape index (κ2) is 19.3. The molecule has 0 N–H and O–H groups in total. The van der Waals surface area contributed by atoms with Crippen molar-refractivity contribution in [3.8, 4) is 0 Å². The van der Waals surface area contributed by atoms with E-state index in [0.717, 1.165) is 19.3 Å². The molecule has 4 nitrogen and oxygen atoms in total. The van der Waals surface area contributed by atoms with Gasteiger partial charge in [-0.25, -0.2) is 0 Å². The predicted molar refractivity (Wildman–Crippen MR) is 139 cm³/mol. The van der Waals surface area contributed by atoms with Gasteiger partial charge in [0.05, 0.1) is 18.1 Å². The monoisotopic (exact) mass is 468 g/mol. The minimum absolute atomic E-state index is 0.000365. The summed E-state index contributed by atoms with van der Waals surface area (Å²) in [4.78, 5) is 24.2. The van der Waals surface area contributed by atoms with Gasteiger partial charge in [0.1, 0.15) is 0 Å². The van der Waals surface area contributed by atoms with E-state index >= 15 is 0 Å². The summed E-state index contributed by atoms with van der Waals surface area (Å²) in [5.41, 5.74) is 0. The third-order valence-corrected chi connectivity index (χ3v) is 6.45. The minimum Gasteiger partial charge on any atom is -0.463 e. The molecule has 0 spiro atoms. The SMILES string of the molecule is CC(C)OC(=O)CCCCCCCCCCCCCC(C(C)C)C(C(=O)OC(C)C)C(C)C. The number of hydrogen-bond donors (Lipinski definition) is 0. The van der Waals surface area contributed by atoms with Crippen LogP contribution in [-0.4, -0.2) is 24.1 Å². The van der Waals surface area contributed by atoms with E-state index in [1.807, 2.05) is 27.7 Å². The van der Waals surface area contributed by atoms with E-state index < -0.39 is 0 Å². The summed E-state index contributed by atoms with van der Waals surface area (Å²) in [6.07, 6.45) is 15.3. The third kappa shape index (κ3) is 17.1. The Balaban J connectivity index is 3.88. The Hall–Kier alpha value is -1.06. The van der Waals surface area contributed by atoms with Crippen LogP contribution in [0, 0.1) is 23.7 Å². The van der Waals surface area contributed by atoms with Gasteiger partial charge in [0.25, 0.3) is 0 Å². The van der Waals surface area contributed by atoms with Crippen LogP contribution in [-0.2, 0) is 19.1 Å². The van der Waals surface area contributed by atoms with Crippen LogP contribution in [0.25, 0.3) is 0 Å². The summed E-state index contributed by atoms with van der Waals surface area (Å²) in [5, 5.41) is 0. The lowest BCUT2D eigenvalue weighted by Gasteiger charge is -2.32. The molecule has 0 aromatic carbocycles. The van der Waals surface area contributed by atoms with E-state index in [0.29, 0.717) is 24.2 Å². The van der Waals surface area contributed by atoms with Crippen LogP contribution < -0.4 is 0 Å². The molecule has 0 aliphatic heterocycles. The maximum atomic E-state index is 12.7. The lowest BCUT2D eigenvalue weighted by molar-refractivity contribution is -0.157. The molecule has 4 heteroatoms. The minimum atomic E-state index is -0.0556. The van der Waals surface area contributed by atoms with Gasteiger partial charge >= 0.3 is 11.9 Å². The van der Waals surface area contributed by atoms with E-state index in [1.165, 1.54) is 57.8 Å². The van der Waals surface area contributed by atoms with Crippen LogP contribution in [0.3, 0.4) is 0 Å². The maximum Gasteiger partial charge on any atom is 0.309 e. The Kier molecular flexibility index (Phi) is 18.6. The number of ether oxygens (including phenoxy) is 2. The average Bonchev–Trinajstić information content (AvgIpc) is 2.68. The predicted octanol–water partition coefficient (Wildman–Crippen LogP) is 8.51. The molecular formula is C29H56O4. The summed E-state index contributed by atoms with van der Waals surface area (Å²) in [6.45, 7) is 16.5. The standard InChI is InChI=1S/C29H56O4/c1-22(2)26(28(23(3)4)29(31)33-25(7)8)20-18-16-14-12-10-9-11-13-15-17-19-21-27(30)32-24(5)6/h22-26,28H,9-21H2,1-8H3. The summed E-state index contributed by atoms with van der Waals surface area (Å²) < 4.78 is 10.7. The Bertz CT molecular complexity index is 496. The molecule has 0 rings (SSSR count). The van der Waals surface area contributed by atoms with E-state index in [1.54, 1.807) is 0 Å². The number of carbonyl (C=O) groups excluding carboxylic acids is 2. The highest BCUT2D eigenvalue weighted by atomic mass is 16.5. The van der Waals surface area contributed by atoms with E-state index in [4.69, 9.17) is 9.47 Å². The topological polar surface area (TPSA) is 52.6 Å². The molecule has 0 saturated carbocycles. The number of unbranched alkanes of at least 4 members (excludes halogenated alkanes) is 10. The molecular weight excluding hydrogens is 412 g/mol. The second-order valence-corrected chi connectivity index (χ2v) is 11.1. The van der Waals surface area contributed by atoms with Crippen molar-refractivity contribution in [3.05, 3.63) is 0 Å². The summed E-state index contributed by atoms with van der Waals surface area (Å²) in [7, 11) is 0. The zero-order valence-corrected chi connectivity index (χ0v) is 23.3. The fraction of sp³-hybridized carbons (Fsp3) is 0.931. The van der Waals surface area contributed by atoms with Gasteiger partial charge in [0.15, 0.2) is 0 Å². The zero-order chi connectivity index (χ0) is 25.2. The smallest absolute Gasteiger partial charge is 0.309 e. The number of esters is 2. The Morgan fingerprint density at radius 1 is 0.545 bits per heavy atom. The van der Waals surface area contributed by atoms with E-state index in [9.17, 15) is 9.59 Å². The quantitative estimate of drug-likeness (QED) is 0.133. The lowest BCUT2D eigenvalue weighted by atomic mass is 9.74. The maximum absolute atomic E-state index is 12.7. The summed E-state index contributed by atoms with van der Waals surface area (Å²) >= 11 is 0. The van der Waals surface area contributed by atoms with Gasteiger partial charge in [-0.05, 0) is 58.3 Å². The van der Waals surface area contributed by atoms with E-state index in [-0.39, 0.29) is 30.1 Å². The van der Waals surface area contributed by atoms with Gasteiger partial charge in [-0.3, -0.25) is 9.59 Å². The molecule has 0 saturated heterocycles. The van der Waals surface area contributed by atoms with Crippen LogP contribution in [0.5, 0.6) is 0 Å². The van der Waals surface area contributed by atoms with Crippen molar-refractivity contribution < 1.29 is 19.1 Å². The Morgan fingerprint density at radius 3 is 1.36 bits per heavy atom. The van der Waals surface area contributed by atoms with Crippen molar-refractivity contribution in [1.82, 2.24) is 0 Å². The lowest BCUT2D eigenvalue weighted by Crippen LogP contribution is -2.34. The zero-order valence-electron chi connectivity index (χ0n) is 23.3. The number of rotatable bonds is 20. The molecule has 0 radical (unpaired) electrons. The molecule has 2 atom stereocenters. The first kappa shape index (κ1) is 31.9. The highest BCUT2D eigenvalue weighted by Gasteiger charge is 2.34. The van der Waals surface area contributed by atoms with Gasteiger partial charge in [-0.2, -0.15) is 0 Å². The van der Waals surface area contributed by atoms with Crippen LogP contribution in [0.4, 0.5) is 0 Å². The number of hydrogen-bond acceptors (Lipinski definition) is 4. The first-order valence-electron chi connectivity index (χ1n) is 14.0. The van der Waals surface area contributed by atoms with Gasteiger partial charge in [0.2, 0.25) is 0 Å². The average molecular weight is 469 g/mol. The fourth-order valence-electron chi connectivity index (χ4n) is 4.74. The largest absolute Gasteiger partial charge is 0.463 e. The molecule has 0 bridgehead atoms. The molecule has 2 unspecified atom stereocenters. The highest BCUT2D eigenvalue weighted by molar-refractivity contribution is 5.73. The van der Waals surface area contributed by atoms with Gasteiger partial charge in [0, 0.05) is 6.42 Å².